The average molecular weight is 443 g/mol. The Kier molecular flexibility index (Phi) is 5.31. The van der Waals surface area contributed by atoms with Gasteiger partial charge in [0.05, 0.1) is 19.7 Å². The summed E-state index contributed by atoms with van der Waals surface area (Å²) >= 11 is 3.61. The van der Waals surface area contributed by atoms with Crippen LogP contribution in [-0.4, -0.2) is 36.6 Å². The summed E-state index contributed by atoms with van der Waals surface area (Å²) in [5.74, 6) is 1.58. The Morgan fingerprint density at radius 1 is 1.18 bits per heavy atom. The van der Waals surface area contributed by atoms with Gasteiger partial charge in [-0.15, -0.1) is 0 Å². The third-order valence-electron chi connectivity index (χ3n) is 5.39. The molecule has 1 amide bonds. The molecule has 3 aromatic rings. The minimum atomic E-state index is 0.185. The normalized spacial score (nSPS) is 13.5. The molecule has 0 atom stereocenters. The molecule has 0 bridgehead atoms. The summed E-state index contributed by atoms with van der Waals surface area (Å²) in [4.78, 5) is 18.3. The van der Waals surface area contributed by atoms with Crippen LogP contribution in [-0.2, 0) is 24.2 Å². The zero-order chi connectivity index (χ0) is 19.7. The highest BCUT2D eigenvalue weighted by atomic mass is 79.9. The number of benzene rings is 2. The summed E-state index contributed by atoms with van der Waals surface area (Å²) in [6.45, 7) is 1.42. The Morgan fingerprint density at radius 2 is 2.00 bits per heavy atom. The first-order chi connectivity index (χ1) is 13.6. The average Bonchev–Trinajstić information content (AvgIpc) is 3.11. The van der Waals surface area contributed by atoms with Gasteiger partial charge in [0.25, 0.3) is 0 Å². The van der Waals surface area contributed by atoms with Crippen molar-refractivity contribution in [3.05, 3.63) is 57.7 Å². The van der Waals surface area contributed by atoms with Crippen molar-refractivity contribution in [1.82, 2.24) is 9.88 Å². The number of H-pyrrole nitrogens is 1. The van der Waals surface area contributed by atoms with Crippen LogP contribution < -0.4 is 9.47 Å². The summed E-state index contributed by atoms with van der Waals surface area (Å²) in [7, 11) is 3.24. The lowest BCUT2D eigenvalue weighted by Crippen LogP contribution is -2.35. The van der Waals surface area contributed by atoms with Gasteiger partial charge in [0.1, 0.15) is 0 Å². The molecule has 0 radical (unpaired) electrons. The number of halogens is 1. The molecule has 0 aliphatic carbocycles. The second kappa shape index (κ2) is 7.87. The predicted molar refractivity (Wildman–Crippen MR) is 113 cm³/mol. The van der Waals surface area contributed by atoms with E-state index in [1.807, 2.05) is 35.2 Å². The molecule has 5 nitrogen and oxygen atoms in total. The van der Waals surface area contributed by atoms with E-state index in [4.69, 9.17) is 9.47 Å². The van der Waals surface area contributed by atoms with E-state index < -0.39 is 0 Å². The molecule has 0 unspecified atom stereocenters. The Bertz CT molecular complexity index is 1030. The number of carbonyl (C=O) groups is 1. The molecule has 1 N–H and O–H groups in total. The van der Waals surface area contributed by atoms with Crippen molar-refractivity contribution in [2.75, 3.05) is 20.8 Å². The summed E-state index contributed by atoms with van der Waals surface area (Å²) in [5, 5.41) is 1.20. The van der Waals surface area contributed by atoms with Gasteiger partial charge in [-0.05, 0) is 46.1 Å². The quantitative estimate of drug-likeness (QED) is 0.634. The number of para-hydroxylation sites is 1. The van der Waals surface area contributed by atoms with Crippen LogP contribution in [0.25, 0.3) is 10.9 Å². The zero-order valence-corrected chi connectivity index (χ0v) is 17.6. The standard InChI is InChI=1S/C22H23BrN2O3/c1-27-19-8-6-14(12-20(19)28-2)7-9-21(26)25-11-10-18-16(13-25)15-4-3-5-17(23)22(15)24-18/h3-6,8,12,24H,7,9-11,13H2,1-2H3. The first-order valence-electron chi connectivity index (χ1n) is 9.37. The maximum absolute atomic E-state index is 12.8. The minimum Gasteiger partial charge on any atom is -0.493 e. The van der Waals surface area contributed by atoms with Gasteiger partial charge in [0.2, 0.25) is 5.91 Å². The zero-order valence-electron chi connectivity index (χ0n) is 16.0. The molecule has 2 heterocycles. The van der Waals surface area contributed by atoms with Gasteiger partial charge < -0.3 is 19.4 Å². The lowest BCUT2D eigenvalue weighted by Gasteiger charge is -2.27. The van der Waals surface area contributed by atoms with Gasteiger partial charge in [0.15, 0.2) is 11.5 Å². The van der Waals surface area contributed by atoms with Crippen molar-refractivity contribution in [2.45, 2.75) is 25.8 Å². The molecule has 1 aliphatic heterocycles. The molecule has 4 rings (SSSR count). The van der Waals surface area contributed by atoms with Crippen molar-refractivity contribution in [3.8, 4) is 11.5 Å². The highest BCUT2D eigenvalue weighted by Gasteiger charge is 2.24. The van der Waals surface area contributed by atoms with Gasteiger partial charge in [-0.3, -0.25) is 4.79 Å². The predicted octanol–water partition coefficient (Wildman–Crippen LogP) is 4.47. The molecule has 0 spiro atoms. The van der Waals surface area contributed by atoms with Crippen LogP contribution in [0.3, 0.4) is 0 Å². The van der Waals surface area contributed by atoms with Crippen LogP contribution in [0.1, 0.15) is 23.2 Å². The fourth-order valence-electron chi connectivity index (χ4n) is 3.86. The molecule has 6 heteroatoms. The van der Waals surface area contributed by atoms with Crippen molar-refractivity contribution in [2.24, 2.45) is 0 Å². The third kappa shape index (κ3) is 3.49. The van der Waals surface area contributed by atoms with Gasteiger partial charge in [-0.25, -0.2) is 0 Å². The van der Waals surface area contributed by atoms with Crippen LogP contribution in [0.4, 0.5) is 0 Å². The van der Waals surface area contributed by atoms with Gasteiger partial charge in [-0.2, -0.15) is 0 Å². The maximum Gasteiger partial charge on any atom is 0.223 e. The highest BCUT2D eigenvalue weighted by molar-refractivity contribution is 9.10. The molecule has 0 saturated carbocycles. The molecule has 0 fully saturated rings. The Balaban J connectivity index is 1.45. The monoisotopic (exact) mass is 442 g/mol. The molecule has 1 aliphatic rings. The summed E-state index contributed by atoms with van der Waals surface area (Å²) in [6, 6.07) is 12.0. The van der Waals surface area contributed by atoms with Crippen LogP contribution in [0, 0.1) is 0 Å². The summed E-state index contributed by atoms with van der Waals surface area (Å²) in [6.07, 6.45) is 2.03. The number of aromatic nitrogens is 1. The minimum absolute atomic E-state index is 0.185. The van der Waals surface area contributed by atoms with Crippen LogP contribution in [0.2, 0.25) is 0 Å². The van der Waals surface area contributed by atoms with E-state index in [0.29, 0.717) is 30.9 Å². The number of hydrogen-bond acceptors (Lipinski definition) is 3. The molecule has 146 valence electrons. The highest BCUT2D eigenvalue weighted by Crippen LogP contribution is 2.32. The second-order valence-electron chi connectivity index (χ2n) is 7.00. The van der Waals surface area contributed by atoms with Crippen molar-refractivity contribution < 1.29 is 14.3 Å². The topological polar surface area (TPSA) is 54.6 Å². The van der Waals surface area contributed by atoms with Crippen LogP contribution in [0.15, 0.2) is 40.9 Å². The maximum atomic E-state index is 12.8. The number of fused-ring (bicyclic) bond motifs is 3. The number of carbonyl (C=O) groups excluding carboxylic acids is 1. The number of hydrogen-bond donors (Lipinski definition) is 1. The number of amides is 1. The van der Waals surface area contributed by atoms with Crippen LogP contribution >= 0.6 is 15.9 Å². The lowest BCUT2D eigenvalue weighted by atomic mass is 10.0. The van der Waals surface area contributed by atoms with Crippen molar-refractivity contribution in [1.29, 1.82) is 0 Å². The fourth-order valence-corrected chi connectivity index (χ4v) is 4.33. The van der Waals surface area contributed by atoms with Gasteiger partial charge in [0, 0.05) is 47.0 Å². The number of rotatable bonds is 5. The lowest BCUT2D eigenvalue weighted by molar-refractivity contribution is -0.132. The van der Waals surface area contributed by atoms with E-state index >= 15 is 0 Å². The first kappa shape index (κ1) is 18.9. The third-order valence-corrected chi connectivity index (χ3v) is 6.05. The molecule has 2 aromatic carbocycles. The number of nitrogens with one attached hydrogen (secondary N) is 1. The Hall–Kier alpha value is -2.47. The van der Waals surface area contributed by atoms with E-state index in [1.165, 1.54) is 16.6 Å². The second-order valence-corrected chi connectivity index (χ2v) is 7.85. The van der Waals surface area contributed by atoms with E-state index in [2.05, 4.69) is 27.0 Å². The molecular formula is C22H23BrN2O3. The first-order valence-corrected chi connectivity index (χ1v) is 10.2. The van der Waals surface area contributed by atoms with Crippen molar-refractivity contribution >= 4 is 32.7 Å². The van der Waals surface area contributed by atoms with E-state index in [9.17, 15) is 4.79 Å². The molecule has 0 saturated heterocycles. The Morgan fingerprint density at radius 3 is 2.79 bits per heavy atom. The van der Waals surface area contributed by atoms with E-state index in [1.54, 1.807) is 14.2 Å². The number of methoxy groups -OCH3 is 2. The van der Waals surface area contributed by atoms with Crippen molar-refractivity contribution in [3.63, 3.8) is 0 Å². The number of ether oxygens (including phenoxy) is 2. The fraction of sp³-hybridized carbons (Fsp3) is 0.318. The van der Waals surface area contributed by atoms with Crippen LogP contribution in [0.5, 0.6) is 11.5 Å². The number of aromatic amines is 1. The number of nitrogens with zero attached hydrogens (tertiary/aromatic N) is 1. The van der Waals surface area contributed by atoms with Gasteiger partial charge in [-0.1, -0.05) is 18.2 Å². The molecule has 28 heavy (non-hydrogen) atoms. The molecule has 1 aromatic heterocycles. The SMILES string of the molecule is COc1ccc(CCC(=O)N2CCc3[nH]c4c(Br)cccc4c3C2)cc1OC. The largest absolute Gasteiger partial charge is 0.493 e. The van der Waals surface area contributed by atoms with E-state index in [-0.39, 0.29) is 5.91 Å². The Labute approximate surface area is 172 Å². The van der Waals surface area contributed by atoms with Gasteiger partial charge >= 0.3 is 0 Å². The summed E-state index contributed by atoms with van der Waals surface area (Å²) < 4.78 is 11.7. The number of aryl methyl sites for hydroxylation is 1. The summed E-state index contributed by atoms with van der Waals surface area (Å²) in [5.41, 5.74) is 4.67. The molecular weight excluding hydrogens is 420 g/mol. The van der Waals surface area contributed by atoms with E-state index in [0.717, 1.165) is 28.5 Å². The smallest absolute Gasteiger partial charge is 0.223 e.